The zero-order valence-electron chi connectivity index (χ0n) is 19.2. The molecule has 168 valence electrons. The molecule has 2 rings (SSSR count). The van der Waals surface area contributed by atoms with Gasteiger partial charge in [-0.05, 0) is 38.0 Å². The fraction of sp³-hybridized carbons (Fsp3) is 0.417. The van der Waals surface area contributed by atoms with Crippen LogP contribution >= 0.6 is 0 Å². The fourth-order valence-corrected chi connectivity index (χ4v) is 3.27. The van der Waals surface area contributed by atoms with Crippen molar-refractivity contribution in [1.29, 1.82) is 0 Å². The van der Waals surface area contributed by atoms with Gasteiger partial charge in [0.15, 0.2) is 0 Å². The van der Waals surface area contributed by atoms with E-state index in [1.54, 1.807) is 25.3 Å². The third-order valence-corrected chi connectivity index (χ3v) is 5.06. The van der Waals surface area contributed by atoms with Gasteiger partial charge in [-0.15, -0.1) is 0 Å². The van der Waals surface area contributed by atoms with Gasteiger partial charge in [-0.25, -0.2) is 0 Å². The molecule has 0 spiro atoms. The molecule has 2 N–H and O–H groups in total. The molecule has 0 bridgehead atoms. The Bertz CT molecular complexity index is 904. The molecule has 2 aromatic carbocycles. The van der Waals surface area contributed by atoms with Crippen LogP contribution in [0.4, 0.5) is 0 Å². The second kappa shape index (κ2) is 10.7. The largest absolute Gasteiger partial charge is 0.497 e. The number of ether oxygens (including phenoxy) is 3. The molecule has 2 aromatic rings. The molecule has 0 heterocycles. The van der Waals surface area contributed by atoms with Gasteiger partial charge in [0.05, 0.1) is 27.4 Å². The first-order chi connectivity index (χ1) is 14.7. The molecule has 0 saturated carbocycles. The molecular weight excluding hydrogens is 396 g/mol. The van der Waals surface area contributed by atoms with E-state index in [0.717, 1.165) is 11.1 Å². The van der Waals surface area contributed by atoms with Crippen LogP contribution < -0.4 is 24.8 Å². The lowest BCUT2D eigenvalue weighted by Gasteiger charge is -2.25. The van der Waals surface area contributed by atoms with E-state index in [-0.39, 0.29) is 23.8 Å². The van der Waals surface area contributed by atoms with Gasteiger partial charge in [-0.2, -0.15) is 0 Å². The second-order valence-corrected chi connectivity index (χ2v) is 7.77. The summed E-state index contributed by atoms with van der Waals surface area (Å²) in [6.45, 7) is 7.64. The molecule has 31 heavy (non-hydrogen) atoms. The number of methoxy groups -OCH3 is 3. The Morgan fingerprint density at radius 3 is 1.97 bits per heavy atom. The molecule has 2 atom stereocenters. The monoisotopic (exact) mass is 428 g/mol. The van der Waals surface area contributed by atoms with E-state index in [1.807, 2.05) is 45.9 Å². The fourth-order valence-electron chi connectivity index (χ4n) is 3.27. The molecule has 0 radical (unpaired) electrons. The molecule has 1 unspecified atom stereocenters. The summed E-state index contributed by atoms with van der Waals surface area (Å²) in [6.07, 6.45) is 0. The minimum absolute atomic E-state index is 0.122. The van der Waals surface area contributed by atoms with Gasteiger partial charge in [0.25, 0.3) is 5.91 Å². The highest BCUT2D eigenvalue weighted by atomic mass is 16.5. The lowest BCUT2D eigenvalue weighted by Crippen LogP contribution is -2.50. The van der Waals surface area contributed by atoms with E-state index in [9.17, 15) is 9.59 Å². The van der Waals surface area contributed by atoms with Crippen molar-refractivity contribution in [3.05, 3.63) is 53.1 Å². The summed E-state index contributed by atoms with van der Waals surface area (Å²) >= 11 is 0. The zero-order chi connectivity index (χ0) is 23.1. The molecular formula is C24H32N2O5. The predicted molar refractivity (Wildman–Crippen MR) is 120 cm³/mol. The third-order valence-electron chi connectivity index (χ3n) is 5.06. The van der Waals surface area contributed by atoms with E-state index in [0.29, 0.717) is 22.8 Å². The number of aryl methyl sites for hydroxylation is 1. The molecule has 0 aromatic heterocycles. The number of hydrogen-bond acceptors (Lipinski definition) is 5. The van der Waals surface area contributed by atoms with E-state index >= 15 is 0 Å². The third kappa shape index (κ3) is 6.13. The Morgan fingerprint density at radius 2 is 1.45 bits per heavy atom. The minimum Gasteiger partial charge on any atom is -0.497 e. The Kier molecular flexibility index (Phi) is 8.30. The smallest absolute Gasteiger partial charge is 0.252 e. The van der Waals surface area contributed by atoms with Gasteiger partial charge in [0.1, 0.15) is 23.3 Å². The molecule has 0 fully saturated rings. The van der Waals surface area contributed by atoms with Crippen LogP contribution in [0.5, 0.6) is 17.2 Å². The number of carbonyl (C=O) groups is 2. The van der Waals surface area contributed by atoms with Crippen LogP contribution in [0.2, 0.25) is 0 Å². The van der Waals surface area contributed by atoms with Crippen molar-refractivity contribution in [2.24, 2.45) is 5.92 Å². The number of benzene rings is 2. The predicted octanol–water partition coefficient (Wildman–Crippen LogP) is 3.65. The number of nitrogens with one attached hydrogen (secondary N) is 2. The summed E-state index contributed by atoms with van der Waals surface area (Å²) in [6, 6.07) is 9.69. The van der Waals surface area contributed by atoms with Gasteiger partial charge in [-0.3, -0.25) is 9.59 Å². The summed E-state index contributed by atoms with van der Waals surface area (Å²) in [5.74, 6) is 0.918. The molecule has 0 aliphatic rings. The average molecular weight is 429 g/mol. The zero-order valence-corrected chi connectivity index (χ0v) is 19.2. The first kappa shape index (κ1) is 24.1. The molecule has 7 nitrogen and oxygen atoms in total. The van der Waals surface area contributed by atoms with Gasteiger partial charge in [-0.1, -0.05) is 31.5 Å². The van der Waals surface area contributed by atoms with Crippen molar-refractivity contribution in [2.75, 3.05) is 21.3 Å². The highest BCUT2D eigenvalue weighted by molar-refractivity contribution is 5.98. The number of hydrogen-bond donors (Lipinski definition) is 2. The summed E-state index contributed by atoms with van der Waals surface area (Å²) in [5, 5.41) is 5.84. The molecule has 0 aliphatic heterocycles. The quantitative estimate of drug-likeness (QED) is 0.637. The summed E-state index contributed by atoms with van der Waals surface area (Å²) in [4.78, 5) is 25.9. The van der Waals surface area contributed by atoms with Crippen LogP contribution in [-0.4, -0.2) is 39.2 Å². The Morgan fingerprint density at radius 1 is 0.839 bits per heavy atom. The van der Waals surface area contributed by atoms with E-state index in [1.165, 1.54) is 14.2 Å². The number of amides is 2. The van der Waals surface area contributed by atoms with Crippen molar-refractivity contribution >= 4 is 11.8 Å². The lowest BCUT2D eigenvalue weighted by atomic mass is 10.00. The number of carbonyl (C=O) groups excluding carboxylic acids is 2. The maximum absolute atomic E-state index is 13.0. The first-order valence-corrected chi connectivity index (χ1v) is 10.2. The Balaban J connectivity index is 2.19. The average Bonchev–Trinajstić information content (AvgIpc) is 2.76. The van der Waals surface area contributed by atoms with Gasteiger partial charge < -0.3 is 24.8 Å². The second-order valence-electron chi connectivity index (χ2n) is 7.77. The standard InChI is InChI=1S/C24H32N2O5/c1-14(2)22(26-23(27)17-11-18(29-5)13-19(12-17)30-6)24(28)25-16(4)20-10-15(3)8-9-21(20)31-7/h8-14,16,22H,1-7H3,(H,25,28)(H,26,27)/t16?,22-/m0/s1. The van der Waals surface area contributed by atoms with E-state index in [4.69, 9.17) is 14.2 Å². The summed E-state index contributed by atoms with van der Waals surface area (Å²) < 4.78 is 15.9. The minimum atomic E-state index is -0.719. The van der Waals surface area contributed by atoms with Crippen LogP contribution in [0, 0.1) is 12.8 Å². The van der Waals surface area contributed by atoms with E-state index in [2.05, 4.69) is 10.6 Å². The maximum atomic E-state index is 13.0. The van der Waals surface area contributed by atoms with Crippen molar-refractivity contribution < 1.29 is 23.8 Å². The highest BCUT2D eigenvalue weighted by Crippen LogP contribution is 2.26. The van der Waals surface area contributed by atoms with Crippen LogP contribution in [-0.2, 0) is 4.79 Å². The Labute approximate surface area is 184 Å². The number of rotatable bonds is 9. The van der Waals surface area contributed by atoms with Crippen molar-refractivity contribution in [2.45, 2.75) is 39.8 Å². The SMILES string of the molecule is COc1cc(OC)cc(C(=O)N[C@H](C(=O)NC(C)c2cc(C)ccc2OC)C(C)C)c1. The van der Waals surface area contributed by atoms with Gasteiger partial charge >= 0.3 is 0 Å². The van der Waals surface area contributed by atoms with Gasteiger partial charge in [0.2, 0.25) is 5.91 Å². The highest BCUT2D eigenvalue weighted by Gasteiger charge is 2.27. The lowest BCUT2D eigenvalue weighted by molar-refractivity contribution is -0.124. The van der Waals surface area contributed by atoms with Gasteiger partial charge in [0, 0.05) is 17.2 Å². The summed E-state index contributed by atoms with van der Waals surface area (Å²) in [7, 11) is 4.63. The van der Waals surface area contributed by atoms with Crippen LogP contribution in [0.25, 0.3) is 0 Å². The van der Waals surface area contributed by atoms with E-state index < -0.39 is 6.04 Å². The molecule has 0 aliphatic carbocycles. The molecule has 7 heteroatoms. The normalized spacial score (nSPS) is 12.6. The summed E-state index contributed by atoms with van der Waals surface area (Å²) in [5.41, 5.74) is 2.29. The first-order valence-electron chi connectivity index (χ1n) is 10.2. The van der Waals surface area contributed by atoms with Crippen molar-refractivity contribution in [3.8, 4) is 17.2 Å². The van der Waals surface area contributed by atoms with Crippen LogP contribution in [0.3, 0.4) is 0 Å². The van der Waals surface area contributed by atoms with Crippen LogP contribution in [0.1, 0.15) is 48.3 Å². The van der Waals surface area contributed by atoms with Crippen LogP contribution in [0.15, 0.2) is 36.4 Å². The Hall–Kier alpha value is -3.22. The molecule has 0 saturated heterocycles. The van der Waals surface area contributed by atoms with Crippen molar-refractivity contribution in [3.63, 3.8) is 0 Å². The van der Waals surface area contributed by atoms with Crippen molar-refractivity contribution in [1.82, 2.24) is 10.6 Å². The molecule has 2 amide bonds. The topological polar surface area (TPSA) is 85.9 Å². The maximum Gasteiger partial charge on any atom is 0.252 e.